The molecule has 2 nitrogen and oxygen atoms in total. The number of hydrogen-bond donors (Lipinski definition) is 1. The van der Waals surface area contributed by atoms with Crippen molar-refractivity contribution in [3.63, 3.8) is 0 Å². The lowest BCUT2D eigenvalue weighted by atomic mass is 10.3. The van der Waals surface area contributed by atoms with Crippen LogP contribution in [0.2, 0.25) is 0 Å². The van der Waals surface area contributed by atoms with E-state index in [2.05, 4.69) is 9.97 Å². The number of aromatic nitrogens is 2. The van der Waals surface area contributed by atoms with E-state index in [0.717, 1.165) is 5.52 Å². The molecule has 0 fully saturated rings. The topological polar surface area (TPSA) is 28.7 Å². The molecule has 0 aliphatic heterocycles. The largest absolute Gasteiger partial charge is 0.360 e. The molecule has 0 atom stereocenters. The minimum absolute atomic E-state index is 0. The molecule has 2 aromatic rings. The molecule has 0 aliphatic carbocycles. The number of nitrogens with zero attached hydrogens (tertiary/aromatic N) is 1. The lowest BCUT2D eigenvalue weighted by Gasteiger charge is -1.82. The van der Waals surface area contributed by atoms with Gasteiger partial charge in [0.2, 0.25) is 0 Å². The highest BCUT2D eigenvalue weighted by Crippen LogP contribution is 2.07. The third kappa shape index (κ3) is 3.28. The average Bonchev–Trinajstić information content (AvgIpc) is 2.71. The minimum Gasteiger partial charge on any atom is -0.360 e. The first-order valence-electron chi connectivity index (χ1n) is 4.84. The highest BCUT2D eigenvalue weighted by molar-refractivity contribution is 5.77. The van der Waals surface area contributed by atoms with Crippen LogP contribution in [-0.4, -0.2) is 9.97 Å². The van der Waals surface area contributed by atoms with Crippen LogP contribution >= 0.6 is 0 Å². The Hall–Kier alpha value is -1.31. The van der Waals surface area contributed by atoms with E-state index in [-0.39, 0.29) is 1.43 Å². The van der Waals surface area contributed by atoms with Crippen molar-refractivity contribution < 1.29 is 1.43 Å². The van der Waals surface area contributed by atoms with Crippen molar-refractivity contribution >= 4 is 10.9 Å². The van der Waals surface area contributed by atoms with Crippen LogP contribution in [0, 0.1) is 0 Å². The SMILES string of the molecule is CC.CC.[HH].c1cc2cc[nH]c2cn1. The van der Waals surface area contributed by atoms with Crippen LogP contribution < -0.4 is 0 Å². The Morgan fingerprint density at radius 3 is 2.46 bits per heavy atom. The fourth-order valence-corrected chi connectivity index (χ4v) is 0.892. The third-order valence-corrected chi connectivity index (χ3v) is 1.36. The van der Waals surface area contributed by atoms with Gasteiger partial charge in [-0.15, -0.1) is 0 Å². The highest BCUT2D eigenvalue weighted by Gasteiger charge is 1.87. The van der Waals surface area contributed by atoms with Gasteiger partial charge in [0, 0.05) is 19.2 Å². The molecule has 0 unspecified atom stereocenters. The Bertz CT molecular complexity index is 287. The summed E-state index contributed by atoms with van der Waals surface area (Å²) in [5.74, 6) is 0. The molecule has 0 saturated carbocycles. The van der Waals surface area contributed by atoms with Crippen molar-refractivity contribution in [3.05, 3.63) is 30.7 Å². The molecule has 2 aromatic heterocycles. The monoisotopic (exact) mass is 180 g/mol. The number of rotatable bonds is 0. The van der Waals surface area contributed by atoms with E-state index in [1.54, 1.807) is 6.20 Å². The minimum atomic E-state index is 0. The molecular weight excluding hydrogens is 160 g/mol. The van der Waals surface area contributed by atoms with Gasteiger partial charge >= 0.3 is 0 Å². The Morgan fingerprint density at radius 2 is 1.85 bits per heavy atom. The maximum Gasteiger partial charge on any atom is 0.0640 e. The summed E-state index contributed by atoms with van der Waals surface area (Å²) in [6.07, 6.45) is 5.51. The number of H-pyrrole nitrogens is 1. The molecule has 0 bridgehead atoms. The van der Waals surface area contributed by atoms with Crippen LogP contribution in [0.15, 0.2) is 30.7 Å². The van der Waals surface area contributed by atoms with Gasteiger partial charge in [0.05, 0.1) is 11.7 Å². The summed E-state index contributed by atoms with van der Waals surface area (Å²) in [6, 6.07) is 4.00. The summed E-state index contributed by atoms with van der Waals surface area (Å²) < 4.78 is 0. The summed E-state index contributed by atoms with van der Waals surface area (Å²) in [7, 11) is 0. The van der Waals surface area contributed by atoms with Crippen LogP contribution in [0.5, 0.6) is 0 Å². The Labute approximate surface area is 81.5 Å². The maximum absolute atomic E-state index is 3.95. The molecule has 2 heteroatoms. The van der Waals surface area contributed by atoms with Gasteiger partial charge in [0.15, 0.2) is 0 Å². The van der Waals surface area contributed by atoms with Crippen LogP contribution in [0.4, 0.5) is 0 Å². The zero-order chi connectivity index (χ0) is 10.1. The Morgan fingerprint density at radius 1 is 1.15 bits per heavy atom. The predicted octanol–water partition coefficient (Wildman–Crippen LogP) is 3.86. The van der Waals surface area contributed by atoms with Crippen LogP contribution in [-0.2, 0) is 0 Å². The zero-order valence-corrected chi connectivity index (χ0v) is 8.83. The summed E-state index contributed by atoms with van der Waals surface area (Å²) in [6.45, 7) is 8.00. The van der Waals surface area contributed by atoms with Crippen LogP contribution in [0.1, 0.15) is 29.1 Å². The Balaban J connectivity index is 0. The lowest BCUT2D eigenvalue weighted by Crippen LogP contribution is -1.68. The van der Waals surface area contributed by atoms with E-state index in [1.165, 1.54) is 5.39 Å². The molecule has 1 N–H and O–H groups in total. The summed E-state index contributed by atoms with van der Waals surface area (Å²) in [5.41, 5.74) is 1.09. The van der Waals surface area contributed by atoms with Crippen molar-refractivity contribution in [2.45, 2.75) is 27.7 Å². The molecule has 13 heavy (non-hydrogen) atoms. The number of hydrogen-bond acceptors (Lipinski definition) is 1. The predicted molar refractivity (Wildman–Crippen MR) is 60.9 cm³/mol. The van der Waals surface area contributed by atoms with Crippen molar-refractivity contribution in [1.82, 2.24) is 9.97 Å². The molecule has 0 spiro atoms. The second-order valence-corrected chi connectivity index (χ2v) is 1.94. The smallest absolute Gasteiger partial charge is 0.0640 e. The van der Waals surface area contributed by atoms with E-state index in [0.29, 0.717) is 0 Å². The first-order valence-corrected chi connectivity index (χ1v) is 4.84. The van der Waals surface area contributed by atoms with Gasteiger partial charge < -0.3 is 4.98 Å². The van der Waals surface area contributed by atoms with Crippen molar-refractivity contribution in [3.8, 4) is 0 Å². The molecular formula is C11H20N2. The van der Waals surface area contributed by atoms with Gasteiger partial charge in [0.1, 0.15) is 0 Å². The van der Waals surface area contributed by atoms with E-state index in [9.17, 15) is 0 Å². The molecule has 2 rings (SSSR count). The third-order valence-electron chi connectivity index (χ3n) is 1.36. The van der Waals surface area contributed by atoms with Gasteiger partial charge in [-0.3, -0.25) is 4.98 Å². The Kier molecular flexibility index (Phi) is 6.60. The number of fused-ring (bicyclic) bond motifs is 1. The number of aromatic amines is 1. The molecule has 74 valence electrons. The zero-order valence-electron chi connectivity index (χ0n) is 8.83. The van der Waals surface area contributed by atoms with Crippen LogP contribution in [0.25, 0.3) is 10.9 Å². The van der Waals surface area contributed by atoms with Gasteiger partial charge in [-0.05, 0) is 12.1 Å². The second-order valence-electron chi connectivity index (χ2n) is 1.94. The summed E-state index contributed by atoms with van der Waals surface area (Å²) in [5, 5.41) is 1.21. The van der Waals surface area contributed by atoms with Crippen LogP contribution in [0.3, 0.4) is 0 Å². The van der Waals surface area contributed by atoms with Crippen molar-refractivity contribution in [1.29, 1.82) is 0 Å². The van der Waals surface area contributed by atoms with Gasteiger partial charge in [-0.1, -0.05) is 27.7 Å². The molecule has 0 aromatic carbocycles. The molecule has 2 heterocycles. The quantitative estimate of drug-likeness (QED) is 0.655. The lowest BCUT2D eigenvalue weighted by molar-refractivity contribution is 1.34. The van der Waals surface area contributed by atoms with E-state index in [4.69, 9.17) is 0 Å². The van der Waals surface area contributed by atoms with E-state index < -0.39 is 0 Å². The second kappa shape index (κ2) is 7.35. The molecule has 0 amide bonds. The molecule has 0 radical (unpaired) electrons. The first-order chi connectivity index (χ1) is 6.47. The highest BCUT2D eigenvalue weighted by atomic mass is 14.7. The van der Waals surface area contributed by atoms with E-state index >= 15 is 0 Å². The number of nitrogens with one attached hydrogen (secondary N) is 1. The standard InChI is InChI=1S/C7H6N2.2C2H6.H2/c1-3-8-5-7-6(1)2-4-9-7;2*1-2;/h1-5,9H;2*1-2H3;1H. The first kappa shape index (κ1) is 11.7. The summed E-state index contributed by atoms with van der Waals surface area (Å²) in [4.78, 5) is 7.01. The van der Waals surface area contributed by atoms with Crippen molar-refractivity contribution in [2.75, 3.05) is 0 Å². The average molecular weight is 180 g/mol. The molecule has 0 aliphatic rings. The summed E-state index contributed by atoms with van der Waals surface area (Å²) >= 11 is 0. The van der Waals surface area contributed by atoms with Gasteiger partial charge in [-0.2, -0.15) is 0 Å². The maximum atomic E-state index is 3.95. The normalized spacial score (nSPS) is 8.00. The fraction of sp³-hybridized carbons (Fsp3) is 0.364. The van der Waals surface area contributed by atoms with Crippen molar-refractivity contribution in [2.24, 2.45) is 0 Å². The molecule has 0 saturated heterocycles. The van der Waals surface area contributed by atoms with Gasteiger partial charge in [0.25, 0.3) is 0 Å². The fourth-order valence-electron chi connectivity index (χ4n) is 0.892. The van der Waals surface area contributed by atoms with Gasteiger partial charge in [-0.25, -0.2) is 0 Å². The van der Waals surface area contributed by atoms with E-state index in [1.807, 2.05) is 52.2 Å². The number of pyridine rings is 1.